The van der Waals surface area contributed by atoms with E-state index in [1.807, 2.05) is 44.2 Å². The highest BCUT2D eigenvalue weighted by Gasteiger charge is 2.46. The van der Waals surface area contributed by atoms with Gasteiger partial charge in [-0.15, -0.1) is 0 Å². The van der Waals surface area contributed by atoms with Crippen LogP contribution in [0.3, 0.4) is 0 Å². The molecule has 0 saturated carbocycles. The zero-order valence-corrected chi connectivity index (χ0v) is 15.7. The van der Waals surface area contributed by atoms with E-state index < -0.39 is 5.66 Å². The maximum Gasteiger partial charge on any atom is 0.253 e. The van der Waals surface area contributed by atoms with Gasteiger partial charge in [0.2, 0.25) is 0 Å². The van der Waals surface area contributed by atoms with Gasteiger partial charge in [0.25, 0.3) is 5.91 Å². The molecule has 1 aliphatic carbocycles. The van der Waals surface area contributed by atoms with Crippen LogP contribution in [0, 0.1) is 5.41 Å². The molecule has 0 spiro atoms. The minimum atomic E-state index is -0.545. The van der Waals surface area contributed by atoms with Crippen molar-refractivity contribution in [2.75, 3.05) is 0 Å². The molecule has 1 atom stereocenters. The lowest BCUT2D eigenvalue weighted by Gasteiger charge is -2.45. The van der Waals surface area contributed by atoms with Crippen molar-refractivity contribution in [3.05, 3.63) is 58.6 Å². The Bertz CT molecular complexity index is 811. The zero-order valence-electron chi connectivity index (χ0n) is 15.7. The van der Waals surface area contributed by atoms with Gasteiger partial charge in [0.05, 0.1) is 5.57 Å². The number of allylic oxidation sites excluding steroid dienone is 2. The number of ketones is 1. The molecule has 1 amide bonds. The Kier molecular flexibility index (Phi) is 3.55. The van der Waals surface area contributed by atoms with Crippen molar-refractivity contribution in [1.29, 1.82) is 0 Å². The standard InChI is InChI=1S/C21H25N3O2/c1-20(2)10-13-16(14(25)11-20)15(12-8-6-5-7-9-12)17-18(22-13)23-21(3,4)24-19(17)26/h5-9,15,22-23H,10-11H2,1-4H3,(H,24,26). The summed E-state index contributed by atoms with van der Waals surface area (Å²) in [6.07, 6.45) is 1.29. The molecule has 0 saturated heterocycles. The molecule has 2 heterocycles. The minimum absolute atomic E-state index is 0.0886. The Labute approximate surface area is 153 Å². The van der Waals surface area contributed by atoms with E-state index >= 15 is 0 Å². The van der Waals surface area contributed by atoms with Crippen LogP contribution in [0.5, 0.6) is 0 Å². The lowest BCUT2D eigenvalue weighted by molar-refractivity contribution is -0.120. The lowest BCUT2D eigenvalue weighted by atomic mass is 9.68. The van der Waals surface area contributed by atoms with Gasteiger partial charge in [-0.2, -0.15) is 0 Å². The zero-order chi connectivity index (χ0) is 18.7. The Morgan fingerprint density at radius 3 is 2.31 bits per heavy atom. The van der Waals surface area contributed by atoms with E-state index in [0.29, 0.717) is 12.0 Å². The Hall–Kier alpha value is -2.56. The van der Waals surface area contributed by atoms with Crippen molar-refractivity contribution in [3.8, 4) is 0 Å². The van der Waals surface area contributed by atoms with Crippen LogP contribution in [0.2, 0.25) is 0 Å². The third-order valence-electron chi connectivity index (χ3n) is 5.28. The van der Waals surface area contributed by atoms with Gasteiger partial charge in [0, 0.05) is 23.6 Å². The van der Waals surface area contributed by atoms with Gasteiger partial charge in [0.1, 0.15) is 11.5 Å². The topological polar surface area (TPSA) is 70.2 Å². The predicted octanol–water partition coefficient (Wildman–Crippen LogP) is 2.68. The van der Waals surface area contributed by atoms with Crippen LogP contribution in [-0.2, 0) is 9.59 Å². The maximum absolute atomic E-state index is 13.1. The molecular formula is C21H25N3O2. The van der Waals surface area contributed by atoms with E-state index in [-0.39, 0.29) is 23.0 Å². The number of hydrogen-bond donors (Lipinski definition) is 3. The Morgan fingerprint density at radius 2 is 1.62 bits per heavy atom. The molecule has 5 nitrogen and oxygen atoms in total. The highest BCUT2D eigenvalue weighted by molar-refractivity contribution is 6.06. The van der Waals surface area contributed by atoms with Crippen molar-refractivity contribution < 1.29 is 9.59 Å². The summed E-state index contributed by atoms with van der Waals surface area (Å²) in [6, 6.07) is 9.83. The fraction of sp³-hybridized carbons (Fsp3) is 0.429. The second-order valence-corrected chi connectivity index (χ2v) is 8.79. The van der Waals surface area contributed by atoms with Gasteiger partial charge >= 0.3 is 0 Å². The van der Waals surface area contributed by atoms with Gasteiger partial charge in [-0.3, -0.25) is 9.59 Å². The highest BCUT2D eigenvalue weighted by Crippen LogP contribution is 2.46. The molecule has 1 aromatic rings. The van der Waals surface area contributed by atoms with E-state index in [4.69, 9.17) is 0 Å². The summed E-state index contributed by atoms with van der Waals surface area (Å²) in [6.45, 7) is 8.08. The number of carbonyl (C=O) groups excluding carboxylic acids is 2. The molecule has 136 valence electrons. The summed E-state index contributed by atoms with van der Waals surface area (Å²) in [4.78, 5) is 26.0. The van der Waals surface area contributed by atoms with Crippen LogP contribution >= 0.6 is 0 Å². The summed E-state index contributed by atoms with van der Waals surface area (Å²) in [5.74, 6) is 0.377. The molecule has 2 aliphatic heterocycles. The SMILES string of the molecule is CC1(C)CC(=O)C2=C(C1)NC1=C(C(=O)NC(C)(C)N1)C2c1ccccc1. The van der Waals surface area contributed by atoms with E-state index in [9.17, 15) is 9.59 Å². The summed E-state index contributed by atoms with van der Waals surface area (Å²) in [7, 11) is 0. The van der Waals surface area contributed by atoms with Crippen LogP contribution in [0.15, 0.2) is 53.0 Å². The molecule has 0 radical (unpaired) electrons. The number of amides is 1. The fourth-order valence-electron chi connectivity index (χ4n) is 4.31. The van der Waals surface area contributed by atoms with Crippen LogP contribution in [0.1, 0.15) is 52.0 Å². The number of Topliss-reactive ketones (excluding diaryl/α,β-unsaturated/α-hetero) is 1. The number of benzene rings is 1. The Balaban J connectivity index is 1.91. The number of hydrogen-bond acceptors (Lipinski definition) is 4. The summed E-state index contributed by atoms with van der Waals surface area (Å²) >= 11 is 0. The fourth-order valence-corrected chi connectivity index (χ4v) is 4.31. The predicted molar refractivity (Wildman–Crippen MR) is 99.8 cm³/mol. The van der Waals surface area contributed by atoms with E-state index in [1.54, 1.807) is 0 Å². The largest absolute Gasteiger partial charge is 0.349 e. The first-order valence-electron chi connectivity index (χ1n) is 9.10. The van der Waals surface area contributed by atoms with Crippen molar-refractivity contribution in [1.82, 2.24) is 16.0 Å². The van der Waals surface area contributed by atoms with Crippen molar-refractivity contribution in [2.24, 2.45) is 5.41 Å². The maximum atomic E-state index is 13.1. The molecule has 4 rings (SSSR count). The first kappa shape index (κ1) is 16.9. The second kappa shape index (κ2) is 5.47. The van der Waals surface area contributed by atoms with E-state index in [1.165, 1.54) is 0 Å². The molecular weight excluding hydrogens is 326 g/mol. The van der Waals surface area contributed by atoms with Gasteiger partial charge in [-0.25, -0.2) is 0 Å². The first-order valence-corrected chi connectivity index (χ1v) is 9.10. The van der Waals surface area contributed by atoms with E-state index in [2.05, 4.69) is 29.8 Å². The van der Waals surface area contributed by atoms with E-state index in [0.717, 1.165) is 29.1 Å². The number of dihydropyridines is 1. The highest BCUT2D eigenvalue weighted by atomic mass is 16.2. The third kappa shape index (κ3) is 2.71. The number of rotatable bonds is 1. The minimum Gasteiger partial charge on any atom is -0.349 e. The van der Waals surface area contributed by atoms with Gasteiger partial charge in [0.15, 0.2) is 5.78 Å². The quantitative estimate of drug-likeness (QED) is 0.728. The van der Waals surface area contributed by atoms with Crippen molar-refractivity contribution in [2.45, 2.75) is 52.1 Å². The molecule has 0 fully saturated rings. The normalized spacial score (nSPS) is 26.4. The van der Waals surface area contributed by atoms with Crippen LogP contribution in [0.25, 0.3) is 0 Å². The third-order valence-corrected chi connectivity index (χ3v) is 5.28. The lowest BCUT2D eigenvalue weighted by Crippen LogP contribution is -2.62. The summed E-state index contributed by atoms with van der Waals surface area (Å²) in [5.41, 5.74) is 2.62. The molecule has 3 aliphatic rings. The monoisotopic (exact) mass is 351 g/mol. The van der Waals surface area contributed by atoms with Crippen LogP contribution in [-0.4, -0.2) is 17.4 Å². The van der Waals surface area contributed by atoms with Crippen molar-refractivity contribution in [3.63, 3.8) is 0 Å². The molecule has 1 unspecified atom stereocenters. The summed E-state index contributed by atoms with van der Waals surface area (Å²) in [5, 5.41) is 9.79. The summed E-state index contributed by atoms with van der Waals surface area (Å²) < 4.78 is 0. The average molecular weight is 351 g/mol. The second-order valence-electron chi connectivity index (χ2n) is 8.79. The molecule has 3 N–H and O–H groups in total. The van der Waals surface area contributed by atoms with Crippen LogP contribution in [0.4, 0.5) is 0 Å². The molecule has 0 aromatic heterocycles. The van der Waals surface area contributed by atoms with Crippen LogP contribution < -0.4 is 16.0 Å². The molecule has 1 aromatic carbocycles. The van der Waals surface area contributed by atoms with Gasteiger partial charge < -0.3 is 16.0 Å². The number of nitrogens with one attached hydrogen (secondary N) is 3. The van der Waals surface area contributed by atoms with Gasteiger partial charge in [-0.1, -0.05) is 44.2 Å². The average Bonchev–Trinajstić information content (AvgIpc) is 2.51. The van der Waals surface area contributed by atoms with Gasteiger partial charge in [-0.05, 0) is 31.2 Å². The first-order chi connectivity index (χ1) is 12.2. The molecule has 5 heteroatoms. The smallest absolute Gasteiger partial charge is 0.253 e. The Morgan fingerprint density at radius 1 is 0.923 bits per heavy atom. The molecule has 26 heavy (non-hydrogen) atoms. The van der Waals surface area contributed by atoms with Crippen molar-refractivity contribution >= 4 is 11.7 Å². The molecule has 0 bridgehead atoms. The number of carbonyl (C=O) groups is 2.